The van der Waals surface area contributed by atoms with E-state index in [-0.39, 0.29) is 11.0 Å². The van der Waals surface area contributed by atoms with Crippen LogP contribution in [0, 0.1) is 5.92 Å². The Labute approximate surface area is 119 Å². The second-order valence-corrected chi connectivity index (χ2v) is 8.25. The van der Waals surface area contributed by atoms with Crippen LogP contribution < -0.4 is 10.2 Å². The van der Waals surface area contributed by atoms with Crippen molar-refractivity contribution in [2.75, 3.05) is 35.6 Å². The molecule has 0 aromatic carbocycles. The minimum absolute atomic E-state index is 0.197. The lowest BCUT2D eigenvalue weighted by Gasteiger charge is -2.31. The van der Waals surface area contributed by atoms with Crippen molar-refractivity contribution < 1.29 is 8.42 Å². The molecule has 110 valence electrons. The fourth-order valence-electron chi connectivity index (χ4n) is 2.35. The van der Waals surface area contributed by atoms with E-state index >= 15 is 0 Å². The average molecular weight is 296 g/mol. The number of nitrogens with one attached hydrogen (secondary N) is 1. The van der Waals surface area contributed by atoms with E-state index in [1.54, 1.807) is 13.3 Å². The quantitative estimate of drug-likeness (QED) is 0.890. The van der Waals surface area contributed by atoms with Gasteiger partial charge in [0, 0.05) is 25.7 Å². The number of nitrogens with zero attached hydrogens (tertiary/aromatic N) is 3. The van der Waals surface area contributed by atoms with Crippen molar-refractivity contribution in [3.05, 3.63) is 12.4 Å². The van der Waals surface area contributed by atoms with Crippen LogP contribution in [0.25, 0.3) is 0 Å². The summed E-state index contributed by atoms with van der Waals surface area (Å²) < 4.78 is 23.5. The van der Waals surface area contributed by atoms with E-state index in [4.69, 9.17) is 0 Å². The van der Waals surface area contributed by atoms with Gasteiger partial charge in [-0.25, -0.2) is 18.4 Å². The molecule has 1 aliphatic carbocycles. The maximum atomic E-state index is 11.7. The zero-order valence-electron chi connectivity index (χ0n) is 11.6. The van der Waals surface area contributed by atoms with Crippen molar-refractivity contribution in [3.8, 4) is 0 Å². The van der Waals surface area contributed by atoms with Gasteiger partial charge in [0.1, 0.15) is 18.0 Å². The molecule has 2 fully saturated rings. The van der Waals surface area contributed by atoms with Crippen molar-refractivity contribution in [2.45, 2.75) is 25.0 Å². The highest BCUT2D eigenvalue weighted by atomic mass is 32.2. The van der Waals surface area contributed by atoms with E-state index in [0.717, 1.165) is 24.1 Å². The van der Waals surface area contributed by atoms with Gasteiger partial charge in [-0.1, -0.05) is 0 Å². The average Bonchev–Trinajstić information content (AvgIpc) is 3.24. The van der Waals surface area contributed by atoms with Gasteiger partial charge in [0.15, 0.2) is 9.84 Å². The highest BCUT2D eigenvalue weighted by molar-refractivity contribution is 7.92. The SMILES string of the molecule is C[C@H]1CN(c2cc(NCC3CC3)ncn2)CCS1(=O)=O. The zero-order valence-corrected chi connectivity index (χ0v) is 12.4. The van der Waals surface area contributed by atoms with E-state index in [1.165, 1.54) is 12.8 Å². The third-order valence-electron chi connectivity index (χ3n) is 3.98. The normalized spacial score (nSPS) is 25.4. The summed E-state index contributed by atoms with van der Waals surface area (Å²) in [6.07, 6.45) is 4.14. The number of hydrogen-bond acceptors (Lipinski definition) is 6. The van der Waals surface area contributed by atoms with Crippen LogP contribution in [0.5, 0.6) is 0 Å². The van der Waals surface area contributed by atoms with Crippen LogP contribution in [0.4, 0.5) is 11.6 Å². The van der Waals surface area contributed by atoms with Crippen LogP contribution >= 0.6 is 0 Å². The van der Waals surface area contributed by atoms with E-state index in [9.17, 15) is 8.42 Å². The minimum atomic E-state index is -2.93. The first kappa shape index (κ1) is 13.6. The van der Waals surface area contributed by atoms with E-state index in [0.29, 0.717) is 13.1 Å². The Balaban J connectivity index is 1.68. The molecule has 0 bridgehead atoms. The summed E-state index contributed by atoms with van der Waals surface area (Å²) in [5.74, 6) is 2.61. The fraction of sp³-hybridized carbons (Fsp3) is 0.692. The van der Waals surface area contributed by atoms with Crippen LogP contribution in [-0.4, -0.2) is 49.0 Å². The van der Waals surface area contributed by atoms with E-state index in [1.807, 2.05) is 11.0 Å². The van der Waals surface area contributed by atoms with Gasteiger partial charge in [0.25, 0.3) is 0 Å². The molecule has 1 saturated heterocycles. The fourth-order valence-corrected chi connectivity index (χ4v) is 3.63. The molecule has 1 saturated carbocycles. The van der Waals surface area contributed by atoms with Crippen LogP contribution in [-0.2, 0) is 9.84 Å². The van der Waals surface area contributed by atoms with Gasteiger partial charge < -0.3 is 10.2 Å². The molecule has 2 heterocycles. The number of hydrogen-bond donors (Lipinski definition) is 1. The molecular weight excluding hydrogens is 276 g/mol. The van der Waals surface area contributed by atoms with Gasteiger partial charge in [-0.05, 0) is 25.7 Å². The summed E-state index contributed by atoms with van der Waals surface area (Å²) in [5, 5.41) is 2.98. The van der Waals surface area contributed by atoms with E-state index < -0.39 is 9.84 Å². The standard InChI is InChI=1S/C13H20N4O2S/c1-10-8-17(4-5-20(10,18)19)13-6-12(15-9-16-13)14-7-11-2-3-11/h6,9-11H,2-5,7-8H2,1H3,(H,14,15,16)/t10-/m0/s1. The maximum absolute atomic E-state index is 11.7. The van der Waals surface area contributed by atoms with Gasteiger partial charge in [-0.2, -0.15) is 0 Å². The lowest BCUT2D eigenvalue weighted by Crippen LogP contribution is -2.45. The molecule has 1 aliphatic heterocycles. The third kappa shape index (κ3) is 3.03. The number of aromatic nitrogens is 2. The lowest BCUT2D eigenvalue weighted by atomic mass is 10.3. The van der Waals surface area contributed by atoms with Gasteiger partial charge in [-0.3, -0.25) is 0 Å². The Morgan fingerprint density at radius 3 is 2.90 bits per heavy atom. The molecule has 20 heavy (non-hydrogen) atoms. The molecule has 1 aromatic heterocycles. The molecule has 1 aromatic rings. The number of sulfone groups is 1. The van der Waals surface area contributed by atoms with Crippen molar-refractivity contribution >= 4 is 21.5 Å². The Hall–Kier alpha value is -1.37. The first-order valence-electron chi connectivity index (χ1n) is 7.07. The van der Waals surface area contributed by atoms with Gasteiger partial charge >= 0.3 is 0 Å². The highest BCUT2D eigenvalue weighted by Gasteiger charge is 2.30. The molecule has 0 spiro atoms. The monoisotopic (exact) mass is 296 g/mol. The molecule has 0 unspecified atom stereocenters. The largest absolute Gasteiger partial charge is 0.370 e. The van der Waals surface area contributed by atoms with Crippen LogP contribution in [0.1, 0.15) is 19.8 Å². The van der Waals surface area contributed by atoms with Gasteiger partial charge in [-0.15, -0.1) is 0 Å². The predicted octanol–water partition coefficient (Wildman–Crippen LogP) is 0.922. The minimum Gasteiger partial charge on any atom is -0.370 e. The molecule has 6 nitrogen and oxygen atoms in total. The molecule has 3 rings (SSSR count). The van der Waals surface area contributed by atoms with Crippen molar-refractivity contribution in [3.63, 3.8) is 0 Å². The van der Waals surface area contributed by atoms with Crippen LogP contribution in [0.3, 0.4) is 0 Å². The molecule has 0 amide bonds. The molecule has 1 atom stereocenters. The second kappa shape index (κ2) is 5.20. The Kier molecular flexibility index (Phi) is 3.54. The summed E-state index contributed by atoms with van der Waals surface area (Å²) in [6.45, 7) is 3.73. The number of rotatable bonds is 4. The zero-order chi connectivity index (χ0) is 14.2. The second-order valence-electron chi connectivity index (χ2n) is 5.71. The van der Waals surface area contributed by atoms with Gasteiger partial charge in [0.2, 0.25) is 0 Å². The topological polar surface area (TPSA) is 75.2 Å². The smallest absolute Gasteiger partial charge is 0.156 e. The van der Waals surface area contributed by atoms with Crippen molar-refractivity contribution in [1.82, 2.24) is 9.97 Å². The summed E-state index contributed by atoms with van der Waals surface area (Å²) in [6, 6.07) is 1.91. The molecule has 0 radical (unpaired) electrons. The molecule has 1 N–H and O–H groups in total. The van der Waals surface area contributed by atoms with Crippen LogP contribution in [0.15, 0.2) is 12.4 Å². The Morgan fingerprint density at radius 2 is 2.20 bits per heavy atom. The van der Waals surface area contributed by atoms with Crippen LogP contribution in [0.2, 0.25) is 0 Å². The van der Waals surface area contributed by atoms with Crippen molar-refractivity contribution in [1.29, 1.82) is 0 Å². The summed E-state index contributed by atoms with van der Waals surface area (Å²) in [4.78, 5) is 10.5. The van der Waals surface area contributed by atoms with Crippen molar-refractivity contribution in [2.24, 2.45) is 5.92 Å². The highest BCUT2D eigenvalue weighted by Crippen LogP contribution is 2.29. The first-order chi connectivity index (χ1) is 9.54. The predicted molar refractivity (Wildman–Crippen MR) is 78.7 cm³/mol. The molecule has 7 heteroatoms. The molecule has 2 aliphatic rings. The third-order valence-corrected chi connectivity index (χ3v) is 6.11. The maximum Gasteiger partial charge on any atom is 0.156 e. The summed E-state index contributed by atoms with van der Waals surface area (Å²) in [7, 11) is -2.93. The Morgan fingerprint density at radius 1 is 1.40 bits per heavy atom. The summed E-state index contributed by atoms with van der Waals surface area (Å²) in [5.41, 5.74) is 0. The van der Waals surface area contributed by atoms with Gasteiger partial charge in [0.05, 0.1) is 11.0 Å². The number of anilines is 2. The first-order valence-corrected chi connectivity index (χ1v) is 8.78. The Bertz CT molecular complexity index is 586. The van der Waals surface area contributed by atoms with E-state index in [2.05, 4.69) is 15.3 Å². The summed E-state index contributed by atoms with van der Waals surface area (Å²) >= 11 is 0. The lowest BCUT2D eigenvalue weighted by molar-refractivity contribution is 0.568. The molecular formula is C13H20N4O2S.